The van der Waals surface area contributed by atoms with Gasteiger partial charge in [0.15, 0.2) is 29.1 Å². The van der Waals surface area contributed by atoms with Crippen molar-refractivity contribution in [1.82, 2.24) is 4.98 Å². The number of nitrogens with zero attached hydrogens (tertiary/aromatic N) is 3. The summed E-state index contributed by atoms with van der Waals surface area (Å²) in [5, 5.41) is 18.4. The quantitative estimate of drug-likeness (QED) is 0.0975. The first kappa shape index (κ1) is 22.6. The first-order chi connectivity index (χ1) is 16.8. The predicted octanol–water partition coefficient (Wildman–Crippen LogP) is 6.80. The Kier molecular flexibility index (Phi) is 5.32. The van der Waals surface area contributed by atoms with Gasteiger partial charge >= 0.3 is 0 Å². The summed E-state index contributed by atoms with van der Waals surface area (Å²) in [5.41, 5.74) is -0.247. The number of rotatable bonds is 2. The number of benzene rings is 2. The zero-order valence-electron chi connectivity index (χ0n) is 16.9. The number of carbonyl (C=O) groups is 1. The van der Waals surface area contributed by atoms with Gasteiger partial charge in [-0.1, -0.05) is 24.3 Å². The minimum Gasteiger partial charge on any atom is -0.289 e. The maximum absolute atomic E-state index is 14.2. The normalized spacial score (nSPS) is 13.9. The Morgan fingerprint density at radius 2 is 1.49 bits per heavy atom. The SMILES string of the molecule is N#CC(C#N)=C1/C(=C/c2cc3sc(-c4c(F)c(F)c(F)c(F)c4F)nc3s2)C(=O)c2ccccc21. The second-order valence-electron chi connectivity index (χ2n) is 7.19. The molecule has 5 rings (SSSR count). The molecule has 0 atom stereocenters. The molecule has 4 nitrogen and oxygen atoms in total. The number of hydrogen-bond acceptors (Lipinski definition) is 6. The van der Waals surface area contributed by atoms with Gasteiger partial charge in [0.25, 0.3) is 0 Å². The molecule has 0 spiro atoms. The van der Waals surface area contributed by atoms with Crippen molar-refractivity contribution >= 4 is 49.6 Å². The number of allylic oxidation sites excluding steroid dienone is 3. The number of carbonyl (C=O) groups excluding carboxylic acids is 1. The van der Waals surface area contributed by atoms with Crippen LogP contribution in [0.3, 0.4) is 0 Å². The minimum absolute atomic E-state index is 0.123. The van der Waals surface area contributed by atoms with Crippen molar-refractivity contribution < 1.29 is 26.7 Å². The molecule has 0 aliphatic heterocycles. The summed E-state index contributed by atoms with van der Waals surface area (Å²) in [5.74, 6) is -10.7. The highest BCUT2D eigenvalue weighted by Gasteiger charge is 2.33. The number of aromatic nitrogens is 1. The monoisotopic (exact) mass is 511 g/mol. The summed E-state index contributed by atoms with van der Waals surface area (Å²) in [4.78, 5) is 17.7. The van der Waals surface area contributed by atoms with Gasteiger partial charge in [-0.25, -0.2) is 26.9 Å². The molecule has 0 N–H and O–H groups in total. The van der Waals surface area contributed by atoms with Crippen LogP contribution in [0.25, 0.3) is 31.8 Å². The van der Waals surface area contributed by atoms with Gasteiger partial charge in [0.1, 0.15) is 27.5 Å². The molecule has 0 unspecified atom stereocenters. The van der Waals surface area contributed by atoms with Crippen molar-refractivity contribution in [3.05, 3.63) is 86.6 Å². The van der Waals surface area contributed by atoms with E-state index in [4.69, 9.17) is 0 Å². The van der Waals surface area contributed by atoms with Crippen molar-refractivity contribution in [2.75, 3.05) is 0 Å². The number of thiophene rings is 1. The molecule has 35 heavy (non-hydrogen) atoms. The summed E-state index contributed by atoms with van der Waals surface area (Å²) in [6, 6.07) is 11.7. The van der Waals surface area contributed by atoms with Crippen molar-refractivity contribution in [3.8, 4) is 22.7 Å². The van der Waals surface area contributed by atoms with E-state index in [1.54, 1.807) is 36.4 Å². The lowest BCUT2D eigenvalue weighted by Gasteiger charge is -2.05. The smallest absolute Gasteiger partial charge is 0.200 e. The van der Waals surface area contributed by atoms with Gasteiger partial charge in [-0.2, -0.15) is 10.5 Å². The van der Waals surface area contributed by atoms with E-state index in [-0.39, 0.29) is 32.3 Å². The highest BCUT2D eigenvalue weighted by molar-refractivity contribution is 7.29. The zero-order chi connectivity index (χ0) is 25.0. The Labute approximate surface area is 201 Å². The second-order valence-corrected chi connectivity index (χ2v) is 9.28. The number of fused-ring (bicyclic) bond motifs is 2. The van der Waals surface area contributed by atoms with E-state index in [1.165, 1.54) is 12.1 Å². The molecule has 2 aromatic heterocycles. The van der Waals surface area contributed by atoms with Crippen LogP contribution in [0.15, 0.2) is 41.5 Å². The second kappa shape index (κ2) is 8.24. The van der Waals surface area contributed by atoms with Gasteiger partial charge in [-0.15, -0.1) is 22.7 Å². The molecule has 0 saturated heterocycles. The van der Waals surface area contributed by atoms with Gasteiger partial charge in [-0.3, -0.25) is 4.79 Å². The first-order valence-corrected chi connectivity index (χ1v) is 11.2. The molecule has 0 bridgehead atoms. The average Bonchev–Trinajstić information content (AvgIpc) is 3.49. The molecule has 0 amide bonds. The largest absolute Gasteiger partial charge is 0.289 e. The molecule has 1 aliphatic rings. The molecule has 170 valence electrons. The predicted molar refractivity (Wildman–Crippen MR) is 120 cm³/mol. The zero-order valence-corrected chi connectivity index (χ0v) is 18.6. The summed E-state index contributed by atoms with van der Waals surface area (Å²) in [7, 11) is 0. The van der Waals surface area contributed by atoms with E-state index in [2.05, 4.69) is 4.98 Å². The Hall–Kier alpha value is -4.19. The lowest BCUT2D eigenvalue weighted by molar-refractivity contribution is 0.104. The van der Waals surface area contributed by atoms with E-state index in [0.29, 0.717) is 20.7 Å². The molecular formula is C24H6F5N3OS2. The fraction of sp³-hybridized carbons (Fsp3) is 0. The molecule has 4 aromatic rings. The number of ketones is 1. The fourth-order valence-electron chi connectivity index (χ4n) is 3.71. The van der Waals surface area contributed by atoms with Crippen LogP contribution in [0.1, 0.15) is 20.8 Å². The summed E-state index contributed by atoms with van der Waals surface area (Å²) in [6.07, 6.45) is 1.48. The van der Waals surface area contributed by atoms with Crippen molar-refractivity contribution in [2.24, 2.45) is 0 Å². The van der Waals surface area contributed by atoms with Crippen LogP contribution in [0.5, 0.6) is 0 Å². The molecule has 2 aromatic carbocycles. The Morgan fingerprint density at radius 3 is 2.09 bits per heavy atom. The average molecular weight is 511 g/mol. The molecule has 1 aliphatic carbocycles. The van der Waals surface area contributed by atoms with Gasteiger partial charge in [0, 0.05) is 21.6 Å². The molecule has 0 fully saturated rings. The van der Waals surface area contributed by atoms with E-state index >= 15 is 0 Å². The summed E-state index contributed by atoms with van der Waals surface area (Å²) in [6.45, 7) is 0. The lowest BCUT2D eigenvalue weighted by Crippen LogP contribution is -2.03. The van der Waals surface area contributed by atoms with Gasteiger partial charge < -0.3 is 0 Å². The highest BCUT2D eigenvalue weighted by atomic mass is 32.1. The Balaban J connectivity index is 1.63. The lowest BCUT2D eigenvalue weighted by atomic mass is 9.99. The van der Waals surface area contributed by atoms with Gasteiger partial charge in [0.2, 0.25) is 5.82 Å². The van der Waals surface area contributed by atoms with Gasteiger partial charge in [0.05, 0.1) is 10.3 Å². The van der Waals surface area contributed by atoms with Crippen LogP contribution in [0.4, 0.5) is 22.0 Å². The van der Waals surface area contributed by atoms with Crippen LogP contribution >= 0.6 is 22.7 Å². The van der Waals surface area contributed by atoms with E-state index < -0.39 is 34.6 Å². The number of halogens is 5. The van der Waals surface area contributed by atoms with E-state index in [0.717, 1.165) is 22.7 Å². The molecule has 2 heterocycles. The standard InChI is InChI=1S/C24H6F5N3OS2/c25-17-16(18(26)20(28)21(29)19(17)27)24-32-23-14(35-24)6-10(34-23)5-13-15(9(7-30)8-31)11-3-1-2-4-12(11)22(13)33/h1-6H/b13-5-. The Morgan fingerprint density at radius 1 is 0.886 bits per heavy atom. The summed E-state index contributed by atoms with van der Waals surface area (Å²) < 4.78 is 69.3. The minimum atomic E-state index is -2.25. The number of Topliss-reactive ketones (excluding diaryl/α,β-unsaturated/α-hetero) is 1. The van der Waals surface area contributed by atoms with Crippen LogP contribution < -0.4 is 0 Å². The topological polar surface area (TPSA) is 77.5 Å². The van der Waals surface area contributed by atoms with Crippen molar-refractivity contribution in [1.29, 1.82) is 10.5 Å². The van der Waals surface area contributed by atoms with Crippen LogP contribution in [-0.2, 0) is 0 Å². The molecule has 11 heteroatoms. The van der Waals surface area contributed by atoms with Crippen LogP contribution in [0.2, 0.25) is 0 Å². The van der Waals surface area contributed by atoms with Crippen LogP contribution in [0, 0.1) is 51.7 Å². The highest BCUT2D eigenvalue weighted by Crippen LogP contribution is 2.43. The molecular weight excluding hydrogens is 505 g/mol. The maximum atomic E-state index is 14.2. The van der Waals surface area contributed by atoms with Crippen LogP contribution in [-0.4, -0.2) is 10.8 Å². The maximum Gasteiger partial charge on any atom is 0.200 e. The van der Waals surface area contributed by atoms with Gasteiger partial charge in [-0.05, 0) is 17.7 Å². The van der Waals surface area contributed by atoms with E-state index in [9.17, 15) is 37.3 Å². The molecule has 0 saturated carbocycles. The number of hydrogen-bond donors (Lipinski definition) is 0. The van der Waals surface area contributed by atoms with E-state index in [1.807, 2.05) is 0 Å². The number of nitriles is 2. The Bertz CT molecular complexity index is 1670. The van der Waals surface area contributed by atoms with Crippen molar-refractivity contribution in [2.45, 2.75) is 0 Å². The first-order valence-electron chi connectivity index (χ1n) is 9.59. The number of thiazole rings is 1. The fourth-order valence-corrected chi connectivity index (χ4v) is 5.91. The van der Waals surface area contributed by atoms with Crippen molar-refractivity contribution in [3.63, 3.8) is 0 Å². The third-order valence-corrected chi connectivity index (χ3v) is 7.37. The third kappa shape index (κ3) is 3.36. The molecule has 0 radical (unpaired) electrons. The summed E-state index contributed by atoms with van der Waals surface area (Å²) >= 11 is 1.73. The third-order valence-electron chi connectivity index (χ3n) is 5.25.